The second-order valence-corrected chi connectivity index (χ2v) is 4.54. The van der Waals surface area contributed by atoms with Crippen molar-refractivity contribution < 1.29 is 22.7 Å². The zero-order valence-electron chi connectivity index (χ0n) is 11.5. The third-order valence-electron chi connectivity index (χ3n) is 3.12. The van der Waals surface area contributed by atoms with E-state index in [9.17, 15) is 18.0 Å². The average Bonchev–Trinajstić information content (AvgIpc) is 2.47. The largest absolute Gasteiger partial charge is 0.464 e. The van der Waals surface area contributed by atoms with Gasteiger partial charge in [0.15, 0.2) is 0 Å². The number of hydrogen-bond donors (Lipinski definition) is 1. The van der Waals surface area contributed by atoms with E-state index < -0.39 is 23.9 Å². The lowest BCUT2D eigenvalue weighted by atomic mass is 10.2. The fraction of sp³-hybridized carbons (Fsp3) is 0.538. The molecule has 1 aliphatic heterocycles. The van der Waals surface area contributed by atoms with Crippen LogP contribution in [0, 0.1) is 0 Å². The zero-order valence-corrected chi connectivity index (χ0v) is 11.5. The fourth-order valence-corrected chi connectivity index (χ4v) is 2.17. The number of piperazine rings is 1. The molecule has 2 heterocycles. The molecule has 0 aliphatic carbocycles. The summed E-state index contributed by atoms with van der Waals surface area (Å²) in [5, 5.41) is 3.03. The fourth-order valence-electron chi connectivity index (χ4n) is 2.17. The number of ether oxygens (including phenoxy) is 1. The molecule has 0 amide bonds. The Kier molecular flexibility index (Phi) is 4.66. The predicted molar refractivity (Wildman–Crippen MR) is 69.9 cm³/mol. The van der Waals surface area contributed by atoms with Crippen molar-refractivity contribution in [2.24, 2.45) is 0 Å². The number of anilines is 1. The molecule has 1 aromatic rings. The van der Waals surface area contributed by atoms with Crippen molar-refractivity contribution in [2.75, 3.05) is 31.1 Å². The topological polar surface area (TPSA) is 54.5 Å². The molecule has 1 aliphatic rings. The highest BCUT2D eigenvalue weighted by molar-refractivity contribution is 5.80. The van der Waals surface area contributed by atoms with Gasteiger partial charge in [-0.2, -0.15) is 13.2 Å². The molecule has 1 saturated heterocycles. The lowest BCUT2D eigenvalue weighted by Gasteiger charge is -2.35. The maximum atomic E-state index is 12.7. The molecule has 5 nitrogen and oxygen atoms in total. The Hall–Kier alpha value is -1.83. The quantitative estimate of drug-likeness (QED) is 0.856. The molecule has 8 heteroatoms. The Bertz CT molecular complexity index is 508. The number of carbonyl (C=O) groups is 1. The lowest BCUT2D eigenvalue weighted by Crippen LogP contribution is -2.56. The van der Waals surface area contributed by atoms with E-state index in [4.69, 9.17) is 4.74 Å². The lowest BCUT2D eigenvalue weighted by molar-refractivity contribution is -0.144. The molecule has 1 N–H and O–H groups in total. The number of esters is 1. The number of pyridine rings is 1. The highest BCUT2D eigenvalue weighted by Gasteiger charge is 2.35. The van der Waals surface area contributed by atoms with Crippen LogP contribution in [0.4, 0.5) is 19.0 Å². The molecule has 1 atom stereocenters. The first-order chi connectivity index (χ1) is 9.93. The average molecular weight is 303 g/mol. The van der Waals surface area contributed by atoms with Crippen molar-refractivity contribution in [2.45, 2.75) is 19.1 Å². The van der Waals surface area contributed by atoms with E-state index in [-0.39, 0.29) is 12.4 Å². The molecule has 116 valence electrons. The minimum atomic E-state index is -4.51. The smallest absolute Gasteiger partial charge is 0.433 e. The summed E-state index contributed by atoms with van der Waals surface area (Å²) in [6, 6.07) is 2.99. The summed E-state index contributed by atoms with van der Waals surface area (Å²) in [5.74, 6) is -0.340. The predicted octanol–water partition coefficient (Wildman–Crippen LogP) is 1.44. The Balaban J connectivity index is 2.27. The van der Waals surface area contributed by atoms with Crippen molar-refractivity contribution in [3.05, 3.63) is 23.9 Å². The molecule has 0 bridgehead atoms. The Morgan fingerprint density at radius 1 is 1.52 bits per heavy atom. The van der Waals surface area contributed by atoms with Gasteiger partial charge in [-0.1, -0.05) is 6.07 Å². The molecule has 0 saturated carbocycles. The Labute approximate surface area is 120 Å². The molecular formula is C13H16F3N3O2. The first-order valence-electron chi connectivity index (χ1n) is 6.61. The molecule has 0 spiro atoms. The van der Waals surface area contributed by atoms with Crippen LogP contribution in [0.15, 0.2) is 18.2 Å². The molecule has 1 unspecified atom stereocenters. The SMILES string of the molecule is CCOC(=O)C1CNCCN1c1cccc(C(F)(F)F)n1. The Morgan fingerprint density at radius 3 is 2.95 bits per heavy atom. The molecule has 1 aromatic heterocycles. The van der Waals surface area contributed by atoms with E-state index in [2.05, 4.69) is 10.3 Å². The van der Waals surface area contributed by atoms with E-state index in [1.165, 1.54) is 12.1 Å². The van der Waals surface area contributed by atoms with Crippen LogP contribution in [0.25, 0.3) is 0 Å². The van der Waals surface area contributed by atoms with Crippen LogP contribution >= 0.6 is 0 Å². The number of nitrogens with zero attached hydrogens (tertiary/aromatic N) is 2. The zero-order chi connectivity index (χ0) is 15.5. The number of hydrogen-bond acceptors (Lipinski definition) is 5. The van der Waals surface area contributed by atoms with Crippen LogP contribution < -0.4 is 10.2 Å². The number of carbonyl (C=O) groups excluding carboxylic acids is 1. The summed E-state index contributed by atoms with van der Waals surface area (Å²) in [5.41, 5.74) is -0.971. The van der Waals surface area contributed by atoms with Crippen molar-refractivity contribution in [3.63, 3.8) is 0 Å². The molecule has 21 heavy (non-hydrogen) atoms. The molecular weight excluding hydrogens is 287 g/mol. The third-order valence-corrected chi connectivity index (χ3v) is 3.12. The van der Waals surface area contributed by atoms with Crippen LogP contribution in [0.1, 0.15) is 12.6 Å². The normalized spacial score (nSPS) is 19.4. The van der Waals surface area contributed by atoms with Gasteiger partial charge < -0.3 is 15.0 Å². The minimum absolute atomic E-state index is 0.129. The third kappa shape index (κ3) is 3.63. The second-order valence-electron chi connectivity index (χ2n) is 4.54. The van der Waals surface area contributed by atoms with E-state index in [1.54, 1.807) is 11.8 Å². The molecule has 0 radical (unpaired) electrons. The molecule has 1 fully saturated rings. The van der Waals surface area contributed by atoms with Gasteiger partial charge in [-0.3, -0.25) is 0 Å². The van der Waals surface area contributed by atoms with Gasteiger partial charge in [0.1, 0.15) is 17.6 Å². The van der Waals surface area contributed by atoms with Gasteiger partial charge in [-0.15, -0.1) is 0 Å². The van der Waals surface area contributed by atoms with Gasteiger partial charge in [0.2, 0.25) is 0 Å². The van der Waals surface area contributed by atoms with Crippen LogP contribution in [0.3, 0.4) is 0 Å². The van der Waals surface area contributed by atoms with Gasteiger partial charge in [0.05, 0.1) is 6.61 Å². The van der Waals surface area contributed by atoms with E-state index in [0.29, 0.717) is 19.6 Å². The van der Waals surface area contributed by atoms with Crippen molar-refractivity contribution in [1.29, 1.82) is 0 Å². The van der Waals surface area contributed by atoms with Crippen molar-refractivity contribution in [1.82, 2.24) is 10.3 Å². The van der Waals surface area contributed by atoms with Crippen molar-refractivity contribution in [3.8, 4) is 0 Å². The van der Waals surface area contributed by atoms with Crippen molar-refractivity contribution >= 4 is 11.8 Å². The second kappa shape index (κ2) is 6.30. The summed E-state index contributed by atoms with van der Waals surface area (Å²) in [4.78, 5) is 17.1. The highest BCUT2D eigenvalue weighted by Crippen LogP contribution is 2.29. The van der Waals surface area contributed by atoms with E-state index >= 15 is 0 Å². The van der Waals surface area contributed by atoms with Crippen LogP contribution in [0.2, 0.25) is 0 Å². The van der Waals surface area contributed by atoms with Gasteiger partial charge >= 0.3 is 12.1 Å². The summed E-state index contributed by atoms with van der Waals surface area (Å²) < 4.78 is 43.1. The number of alkyl halides is 3. The van der Waals surface area contributed by atoms with Crippen LogP contribution in [0.5, 0.6) is 0 Å². The monoisotopic (exact) mass is 303 g/mol. The van der Waals surface area contributed by atoms with E-state index in [1.807, 2.05) is 0 Å². The summed E-state index contributed by atoms with van der Waals surface area (Å²) in [7, 11) is 0. The van der Waals surface area contributed by atoms with Gasteiger partial charge in [0, 0.05) is 19.6 Å². The summed E-state index contributed by atoms with van der Waals surface area (Å²) in [6.45, 7) is 3.17. The number of rotatable bonds is 3. The van der Waals surface area contributed by atoms with Crippen LogP contribution in [-0.4, -0.2) is 43.2 Å². The van der Waals surface area contributed by atoms with Crippen LogP contribution in [-0.2, 0) is 15.7 Å². The molecule has 2 rings (SSSR count). The standard InChI is InChI=1S/C13H16F3N3O2/c1-2-21-12(20)9-8-17-6-7-19(9)11-5-3-4-10(18-11)13(14,15)16/h3-5,9,17H,2,6-8H2,1H3. The molecule has 0 aromatic carbocycles. The van der Waals surface area contributed by atoms with Gasteiger partial charge in [-0.05, 0) is 19.1 Å². The maximum absolute atomic E-state index is 12.7. The summed E-state index contributed by atoms with van der Waals surface area (Å²) in [6.07, 6.45) is -4.51. The first-order valence-corrected chi connectivity index (χ1v) is 6.61. The number of halogens is 3. The van der Waals surface area contributed by atoms with E-state index in [0.717, 1.165) is 6.07 Å². The minimum Gasteiger partial charge on any atom is -0.464 e. The highest BCUT2D eigenvalue weighted by atomic mass is 19.4. The number of nitrogens with one attached hydrogen (secondary N) is 1. The Morgan fingerprint density at radius 2 is 2.29 bits per heavy atom. The first kappa shape index (κ1) is 15.6. The van der Waals surface area contributed by atoms with Gasteiger partial charge in [0.25, 0.3) is 0 Å². The maximum Gasteiger partial charge on any atom is 0.433 e. The van der Waals surface area contributed by atoms with Gasteiger partial charge in [-0.25, -0.2) is 9.78 Å². The number of aromatic nitrogens is 1. The summed E-state index contributed by atoms with van der Waals surface area (Å²) >= 11 is 0.